The van der Waals surface area contributed by atoms with Crippen molar-refractivity contribution in [3.8, 4) is 0 Å². The van der Waals surface area contributed by atoms with Crippen molar-refractivity contribution in [2.45, 2.75) is 5.88 Å². The maximum atomic E-state index is 12.1. The van der Waals surface area contributed by atoms with Gasteiger partial charge in [-0.2, -0.15) is 0 Å². The summed E-state index contributed by atoms with van der Waals surface area (Å²) in [5.74, 6) is 0.434. The summed E-state index contributed by atoms with van der Waals surface area (Å²) >= 11 is 5.70. The van der Waals surface area contributed by atoms with Gasteiger partial charge in [-0.1, -0.05) is 24.3 Å². The molecule has 0 aliphatic rings. The molecule has 0 aliphatic heterocycles. The van der Waals surface area contributed by atoms with Crippen LogP contribution < -0.4 is 0 Å². The van der Waals surface area contributed by atoms with Gasteiger partial charge in [0, 0.05) is 24.5 Å². The molecule has 0 bridgehead atoms. The SMILES string of the molecule is C=CCN(CC=C)C(=O)c1ccc(CCl)cc1. The number of hydrogen-bond donors (Lipinski definition) is 0. The number of amides is 1. The molecule has 3 heteroatoms. The first-order valence-corrected chi connectivity index (χ1v) is 5.92. The Balaban J connectivity index is 2.84. The Bertz CT molecular complexity index is 387. The van der Waals surface area contributed by atoms with E-state index in [0.717, 1.165) is 5.56 Å². The van der Waals surface area contributed by atoms with E-state index in [9.17, 15) is 4.79 Å². The monoisotopic (exact) mass is 249 g/mol. The van der Waals surface area contributed by atoms with Gasteiger partial charge in [-0.15, -0.1) is 24.8 Å². The first kappa shape index (κ1) is 13.5. The van der Waals surface area contributed by atoms with Gasteiger partial charge in [-0.3, -0.25) is 4.79 Å². The third-order valence-corrected chi connectivity index (χ3v) is 2.65. The number of halogens is 1. The minimum Gasteiger partial charge on any atom is -0.331 e. The lowest BCUT2D eigenvalue weighted by Gasteiger charge is -2.19. The maximum Gasteiger partial charge on any atom is 0.254 e. The molecule has 1 aromatic carbocycles. The second-order valence-corrected chi connectivity index (χ2v) is 3.89. The smallest absolute Gasteiger partial charge is 0.254 e. The van der Waals surface area contributed by atoms with Crippen LogP contribution in [0, 0.1) is 0 Å². The summed E-state index contributed by atoms with van der Waals surface area (Å²) < 4.78 is 0. The molecule has 0 saturated carbocycles. The van der Waals surface area contributed by atoms with Gasteiger partial charge in [0.25, 0.3) is 5.91 Å². The molecule has 0 aromatic heterocycles. The van der Waals surface area contributed by atoms with E-state index < -0.39 is 0 Å². The number of nitrogens with zero attached hydrogens (tertiary/aromatic N) is 1. The van der Waals surface area contributed by atoms with Gasteiger partial charge in [-0.25, -0.2) is 0 Å². The van der Waals surface area contributed by atoms with Crippen LogP contribution >= 0.6 is 11.6 Å². The second-order valence-electron chi connectivity index (χ2n) is 3.62. The van der Waals surface area contributed by atoms with Crippen LogP contribution in [0.4, 0.5) is 0 Å². The Morgan fingerprint density at radius 1 is 1.18 bits per heavy atom. The standard InChI is InChI=1S/C14H16ClNO/c1-3-9-16(10-4-2)14(17)13-7-5-12(11-15)6-8-13/h3-8H,1-2,9-11H2. The molecule has 1 rings (SSSR count). The third kappa shape index (κ3) is 3.75. The predicted octanol–water partition coefficient (Wildman–Crippen LogP) is 3.24. The summed E-state index contributed by atoms with van der Waals surface area (Å²) in [4.78, 5) is 13.8. The van der Waals surface area contributed by atoms with E-state index in [1.165, 1.54) is 0 Å². The molecule has 17 heavy (non-hydrogen) atoms. The Hall–Kier alpha value is -1.54. The Labute approximate surface area is 107 Å². The molecule has 2 nitrogen and oxygen atoms in total. The van der Waals surface area contributed by atoms with Crippen molar-refractivity contribution in [1.82, 2.24) is 4.90 Å². The molecule has 0 saturated heterocycles. The molecule has 1 aromatic rings. The largest absolute Gasteiger partial charge is 0.331 e. The summed E-state index contributed by atoms with van der Waals surface area (Å²) in [5.41, 5.74) is 1.66. The third-order valence-electron chi connectivity index (χ3n) is 2.34. The number of carbonyl (C=O) groups is 1. The molecule has 90 valence electrons. The van der Waals surface area contributed by atoms with E-state index in [2.05, 4.69) is 13.2 Å². The lowest BCUT2D eigenvalue weighted by molar-refractivity contribution is 0.0791. The van der Waals surface area contributed by atoms with Crippen molar-refractivity contribution in [2.24, 2.45) is 0 Å². The van der Waals surface area contributed by atoms with Crippen LogP contribution in [0.5, 0.6) is 0 Å². The van der Waals surface area contributed by atoms with Crippen molar-refractivity contribution in [3.63, 3.8) is 0 Å². The van der Waals surface area contributed by atoms with Gasteiger partial charge in [0.1, 0.15) is 0 Å². The van der Waals surface area contributed by atoms with E-state index in [-0.39, 0.29) is 5.91 Å². The number of alkyl halides is 1. The Morgan fingerprint density at radius 3 is 2.12 bits per heavy atom. The van der Waals surface area contributed by atoms with E-state index >= 15 is 0 Å². The lowest BCUT2D eigenvalue weighted by Crippen LogP contribution is -2.31. The highest BCUT2D eigenvalue weighted by Gasteiger charge is 2.12. The van der Waals surface area contributed by atoms with Gasteiger partial charge in [0.15, 0.2) is 0 Å². The van der Waals surface area contributed by atoms with Crippen LogP contribution in [-0.2, 0) is 5.88 Å². The van der Waals surface area contributed by atoms with Gasteiger partial charge < -0.3 is 4.90 Å². The fourth-order valence-electron chi connectivity index (χ4n) is 1.47. The fourth-order valence-corrected chi connectivity index (χ4v) is 1.65. The zero-order chi connectivity index (χ0) is 12.7. The molecule has 0 unspecified atom stereocenters. The first-order valence-electron chi connectivity index (χ1n) is 5.39. The number of rotatable bonds is 6. The lowest BCUT2D eigenvalue weighted by atomic mass is 10.1. The number of benzene rings is 1. The van der Waals surface area contributed by atoms with Crippen molar-refractivity contribution >= 4 is 17.5 Å². The quantitative estimate of drug-likeness (QED) is 0.560. The zero-order valence-corrected chi connectivity index (χ0v) is 10.5. The van der Waals surface area contributed by atoms with E-state index in [1.807, 2.05) is 12.1 Å². The maximum absolute atomic E-state index is 12.1. The van der Waals surface area contributed by atoms with Gasteiger partial charge in [-0.05, 0) is 17.7 Å². The molecule has 0 aliphatic carbocycles. The van der Waals surface area contributed by atoms with Crippen LogP contribution in [0.2, 0.25) is 0 Å². The van der Waals surface area contributed by atoms with Crippen molar-refractivity contribution in [1.29, 1.82) is 0 Å². The summed E-state index contributed by atoms with van der Waals surface area (Å²) in [5, 5.41) is 0. The molecule has 0 atom stereocenters. The minimum atomic E-state index is -0.0223. The molecule has 1 amide bonds. The van der Waals surface area contributed by atoms with E-state index in [0.29, 0.717) is 24.5 Å². The molecular formula is C14H16ClNO. The topological polar surface area (TPSA) is 20.3 Å². The minimum absolute atomic E-state index is 0.0223. The average molecular weight is 250 g/mol. The number of hydrogen-bond acceptors (Lipinski definition) is 1. The second kappa shape index (κ2) is 6.92. The van der Waals surface area contributed by atoms with Gasteiger partial charge >= 0.3 is 0 Å². The molecule has 0 spiro atoms. The molecule has 0 heterocycles. The normalized spacial score (nSPS) is 9.71. The Kier molecular flexibility index (Phi) is 5.50. The zero-order valence-electron chi connectivity index (χ0n) is 9.73. The van der Waals surface area contributed by atoms with Crippen molar-refractivity contribution < 1.29 is 4.79 Å². The summed E-state index contributed by atoms with van der Waals surface area (Å²) in [7, 11) is 0. The predicted molar refractivity (Wildman–Crippen MR) is 72.3 cm³/mol. The van der Waals surface area contributed by atoms with E-state index in [4.69, 9.17) is 11.6 Å². The van der Waals surface area contributed by atoms with Crippen LogP contribution in [-0.4, -0.2) is 23.9 Å². The van der Waals surface area contributed by atoms with Crippen molar-refractivity contribution in [2.75, 3.05) is 13.1 Å². The molecular weight excluding hydrogens is 234 g/mol. The summed E-state index contributed by atoms with van der Waals surface area (Å²) in [6.07, 6.45) is 3.41. The highest BCUT2D eigenvalue weighted by atomic mass is 35.5. The highest BCUT2D eigenvalue weighted by molar-refractivity contribution is 6.17. The van der Waals surface area contributed by atoms with Crippen molar-refractivity contribution in [3.05, 3.63) is 60.7 Å². The Morgan fingerprint density at radius 2 is 1.71 bits per heavy atom. The highest BCUT2D eigenvalue weighted by Crippen LogP contribution is 2.09. The van der Waals surface area contributed by atoms with Gasteiger partial charge in [0.2, 0.25) is 0 Å². The van der Waals surface area contributed by atoms with Gasteiger partial charge in [0.05, 0.1) is 0 Å². The van der Waals surface area contributed by atoms with Crippen LogP contribution in [0.15, 0.2) is 49.6 Å². The number of carbonyl (C=O) groups excluding carboxylic acids is 1. The molecule has 0 radical (unpaired) electrons. The van der Waals surface area contributed by atoms with Crippen LogP contribution in [0.1, 0.15) is 15.9 Å². The fraction of sp³-hybridized carbons (Fsp3) is 0.214. The van der Waals surface area contributed by atoms with Crippen LogP contribution in [0.25, 0.3) is 0 Å². The molecule has 0 N–H and O–H groups in total. The summed E-state index contributed by atoms with van der Waals surface area (Å²) in [6.45, 7) is 8.31. The average Bonchev–Trinajstić information content (AvgIpc) is 2.38. The summed E-state index contributed by atoms with van der Waals surface area (Å²) in [6, 6.07) is 7.30. The van der Waals surface area contributed by atoms with E-state index in [1.54, 1.807) is 29.2 Å². The first-order chi connectivity index (χ1) is 8.22. The molecule has 0 fully saturated rings. The van der Waals surface area contributed by atoms with Crippen LogP contribution in [0.3, 0.4) is 0 Å².